The van der Waals surface area contributed by atoms with Gasteiger partial charge in [-0.25, -0.2) is 0 Å². The van der Waals surface area contributed by atoms with Crippen LogP contribution in [-0.2, 0) is 17.8 Å². The molecule has 0 saturated heterocycles. The molecule has 1 aromatic carbocycles. The molecule has 1 rings (SSSR count). The van der Waals surface area contributed by atoms with Crippen LogP contribution in [0.5, 0.6) is 0 Å². The zero-order valence-electron chi connectivity index (χ0n) is 11.4. The summed E-state index contributed by atoms with van der Waals surface area (Å²) in [6.45, 7) is 4.28. The number of hydrogen-bond donors (Lipinski definition) is 1. The third kappa shape index (κ3) is 5.82. The van der Waals surface area contributed by atoms with Gasteiger partial charge in [-0.15, -0.1) is 0 Å². The van der Waals surface area contributed by atoms with Gasteiger partial charge in [0.2, 0.25) is 0 Å². The van der Waals surface area contributed by atoms with E-state index in [1.807, 2.05) is 12.1 Å². The van der Waals surface area contributed by atoms with Gasteiger partial charge in [-0.3, -0.25) is 4.79 Å². The average molecular weight is 249 g/mol. The number of hydrogen-bond acceptors (Lipinski definition) is 2. The average Bonchev–Trinajstić information content (AvgIpc) is 2.35. The molecule has 0 aliphatic heterocycles. The van der Waals surface area contributed by atoms with E-state index in [0.717, 1.165) is 18.7 Å². The SMILES string of the molecule is CCCCN(C)Cc1ccc(CCC(=O)O)cc1. The normalized spacial score (nSPS) is 10.8. The molecule has 0 aliphatic rings. The van der Waals surface area contributed by atoms with E-state index in [2.05, 4.69) is 31.0 Å². The fraction of sp³-hybridized carbons (Fsp3) is 0.533. The van der Waals surface area contributed by atoms with Gasteiger partial charge in [0, 0.05) is 13.0 Å². The molecule has 3 heteroatoms. The molecule has 100 valence electrons. The van der Waals surface area contributed by atoms with Crippen LogP contribution in [0.15, 0.2) is 24.3 Å². The van der Waals surface area contributed by atoms with E-state index in [1.54, 1.807) is 0 Å². The number of carboxylic acid groups (broad SMARTS) is 1. The molecule has 0 atom stereocenters. The van der Waals surface area contributed by atoms with E-state index < -0.39 is 5.97 Å². The topological polar surface area (TPSA) is 40.5 Å². The number of rotatable bonds is 8. The molecular formula is C15H23NO2. The predicted molar refractivity (Wildman–Crippen MR) is 73.6 cm³/mol. The summed E-state index contributed by atoms with van der Waals surface area (Å²) < 4.78 is 0. The van der Waals surface area contributed by atoms with Gasteiger partial charge in [0.05, 0.1) is 0 Å². The lowest BCUT2D eigenvalue weighted by Crippen LogP contribution is -2.18. The van der Waals surface area contributed by atoms with Crippen molar-refractivity contribution in [1.82, 2.24) is 4.90 Å². The molecular weight excluding hydrogens is 226 g/mol. The maximum atomic E-state index is 10.5. The monoisotopic (exact) mass is 249 g/mol. The Morgan fingerprint density at radius 2 is 1.83 bits per heavy atom. The lowest BCUT2D eigenvalue weighted by molar-refractivity contribution is -0.136. The Bertz CT molecular complexity index is 359. The number of carbonyl (C=O) groups is 1. The van der Waals surface area contributed by atoms with E-state index >= 15 is 0 Å². The zero-order valence-corrected chi connectivity index (χ0v) is 11.4. The minimum Gasteiger partial charge on any atom is -0.481 e. The highest BCUT2D eigenvalue weighted by atomic mass is 16.4. The van der Waals surface area contributed by atoms with Gasteiger partial charge in [-0.05, 0) is 37.6 Å². The first-order valence-electron chi connectivity index (χ1n) is 6.60. The molecule has 0 aromatic heterocycles. The Hall–Kier alpha value is -1.35. The van der Waals surface area contributed by atoms with Crippen LogP contribution in [0.3, 0.4) is 0 Å². The second-order valence-electron chi connectivity index (χ2n) is 4.80. The molecule has 0 radical (unpaired) electrons. The quantitative estimate of drug-likeness (QED) is 0.770. The molecule has 3 nitrogen and oxygen atoms in total. The summed E-state index contributed by atoms with van der Waals surface area (Å²) in [6, 6.07) is 8.26. The van der Waals surface area contributed by atoms with Crippen LogP contribution in [0, 0.1) is 0 Å². The number of aryl methyl sites for hydroxylation is 1. The lowest BCUT2D eigenvalue weighted by atomic mass is 10.1. The molecule has 0 bridgehead atoms. The van der Waals surface area contributed by atoms with Gasteiger partial charge in [-0.2, -0.15) is 0 Å². The zero-order chi connectivity index (χ0) is 13.4. The summed E-state index contributed by atoms with van der Waals surface area (Å²) in [5, 5.41) is 8.62. The molecule has 1 N–H and O–H groups in total. The van der Waals surface area contributed by atoms with Gasteiger partial charge in [0.1, 0.15) is 0 Å². The largest absolute Gasteiger partial charge is 0.481 e. The van der Waals surface area contributed by atoms with Crippen molar-refractivity contribution >= 4 is 5.97 Å². The first kappa shape index (κ1) is 14.7. The van der Waals surface area contributed by atoms with E-state index in [-0.39, 0.29) is 6.42 Å². The third-order valence-corrected chi connectivity index (χ3v) is 3.00. The fourth-order valence-electron chi connectivity index (χ4n) is 1.88. The van der Waals surface area contributed by atoms with Crippen molar-refractivity contribution in [2.24, 2.45) is 0 Å². The molecule has 0 fully saturated rings. The van der Waals surface area contributed by atoms with Crippen molar-refractivity contribution in [3.05, 3.63) is 35.4 Å². The van der Waals surface area contributed by atoms with E-state index in [9.17, 15) is 4.79 Å². The maximum absolute atomic E-state index is 10.5. The van der Waals surface area contributed by atoms with Gasteiger partial charge in [0.25, 0.3) is 0 Å². The summed E-state index contributed by atoms with van der Waals surface area (Å²) in [7, 11) is 2.13. The second kappa shape index (κ2) is 7.88. The summed E-state index contributed by atoms with van der Waals surface area (Å²) in [5.74, 6) is -0.738. The first-order chi connectivity index (χ1) is 8.61. The minimum atomic E-state index is -0.738. The summed E-state index contributed by atoms with van der Waals surface area (Å²) in [5.41, 5.74) is 2.38. The van der Waals surface area contributed by atoms with Crippen molar-refractivity contribution in [1.29, 1.82) is 0 Å². The molecule has 0 heterocycles. The number of aliphatic carboxylic acids is 1. The fourth-order valence-corrected chi connectivity index (χ4v) is 1.88. The number of carboxylic acids is 1. The molecule has 1 aromatic rings. The van der Waals surface area contributed by atoms with Crippen LogP contribution < -0.4 is 0 Å². The van der Waals surface area contributed by atoms with Crippen LogP contribution in [0.1, 0.15) is 37.3 Å². The summed E-state index contributed by atoms with van der Waals surface area (Å²) >= 11 is 0. The van der Waals surface area contributed by atoms with E-state index in [1.165, 1.54) is 18.4 Å². The van der Waals surface area contributed by atoms with Crippen LogP contribution >= 0.6 is 0 Å². The van der Waals surface area contributed by atoms with Crippen LogP contribution in [0.25, 0.3) is 0 Å². The number of unbranched alkanes of at least 4 members (excludes halogenated alkanes) is 1. The molecule has 0 amide bonds. The van der Waals surface area contributed by atoms with Crippen molar-refractivity contribution in [3.8, 4) is 0 Å². The van der Waals surface area contributed by atoms with Crippen LogP contribution in [0.2, 0.25) is 0 Å². The molecule has 0 saturated carbocycles. The van der Waals surface area contributed by atoms with Gasteiger partial charge >= 0.3 is 5.97 Å². The smallest absolute Gasteiger partial charge is 0.303 e. The molecule has 0 spiro atoms. The first-order valence-corrected chi connectivity index (χ1v) is 6.60. The number of benzene rings is 1. The Labute approximate surface area is 109 Å². The van der Waals surface area contributed by atoms with Crippen LogP contribution in [0.4, 0.5) is 0 Å². The molecule has 0 aliphatic carbocycles. The highest BCUT2D eigenvalue weighted by Crippen LogP contribution is 2.09. The van der Waals surface area contributed by atoms with Gasteiger partial charge in [0.15, 0.2) is 0 Å². The lowest BCUT2D eigenvalue weighted by Gasteiger charge is -2.16. The Morgan fingerprint density at radius 3 is 2.39 bits per heavy atom. The molecule has 18 heavy (non-hydrogen) atoms. The van der Waals surface area contributed by atoms with Gasteiger partial charge in [-0.1, -0.05) is 37.6 Å². The summed E-state index contributed by atoms with van der Waals surface area (Å²) in [4.78, 5) is 12.8. The Balaban J connectivity index is 2.42. The van der Waals surface area contributed by atoms with Crippen molar-refractivity contribution < 1.29 is 9.90 Å². The van der Waals surface area contributed by atoms with E-state index in [4.69, 9.17) is 5.11 Å². The predicted octanol–water partition coefficient (Wildman–Crippen LogP) is 2.94. The van der Waals surface area contributed by atoms with Crippen LogP contribution in [-0.4, -0.2) is 29.6 Å². The van der Waals surface area contributed by atoms with Crippen molar-refractivity contribution in [2.45, 2.75) is 39.2 Å². The Kier molecular flexibility index (Phi) is 6.44. The second-order valence-corrected chi connectivity index (χ2v) is 4.80. The minimum absolute atomic E-state index is 0.204. The maximum Gasteiger partial charge on any atom is 0.303 e. The molecule has 0 unspecified atom stereocenters. The Morgan fingerprint density at radius 1 is 1.22 bits per heavy atom. The third-order valence-electron chi connectivity index (χ3n) is 3.00. The van der Waals surface area contributed by atoms with Gasteiger partial charge < -0.3 is 10.0 Å². The standard InChI is InChI=1S/C15H23NO2/c1-3-4-11-16(2)12-14-7-5-13(6-8-14)9-10-15(17)18/h5-8H,3-4,9-12H2,1-2H3,(H,17,18). The number of nitrogens with zero attached hydrogens (tertiary/aromatic N) is 1. The summed E-state index contributed by atoms with van der Waals surface area (Å²) in [6.07, 6.45) is 3.27. The van der Waals surface area contributed by atoms with Crippen molar-refractivity contribution in [2.75, 3.05) is 13.6 Å². The van der Waals surface area contributed by atoms with E-state index in [0.29, 0.717) is 6.42 Å². The van der Waals surface area contributed by atoms with Crippen molar-refractivity contribution in [3.63, 3.8) is 0 Å². The highest BCUT2D eigenvalue weighted by molar-refractivity contribution is 5.67. The highest BCUT2D eigenvalue weighted by Gasteiger charge is 2.02.